The van der Waals surface area contributed by atoms with E-state index in [1.54, 1.807) is 0 Å². The van der Waals surface area contributed by atoms with Crippen molar-refractivity contribution >= 4 is 12.1 Å². The summed E-state index contributed by atoms with van der Waals surface area (Å²) in [7, 11) is 0. The van der Waals surface area contributed by atoms with Crippen LogP contribution in [0.2, 0.25) is 0 Å². The Labute approximate surface area is 65.4 Å². The largest absolute Gasteiger partial charge is 0.392 e. The minimum absolute atomic E-state index is 0.200. The smallest absolute Gasteiger partial charge is 0.263 e. The molecular formula is C7H12N2O2. The quantitative estimate of drug-likeness (QED) is 0.475. The van der Waals surface area contributed by atoms with Crippen molar-refractivity contribution < 1.29 is 9.63 Å². The second kappa shape index (κ2) is 3.95. The molecule has 11 heavy (non-hydrogen) atoms. The number of nitrogens with two attached hydrogens (primary N) is 1. The van der Waals surface area contributed by atoms with Gasteiger partial charge in [0.15, 0.2) is 0 Å². The maximum Gasteiger partial charge on any atom is 0.263 e. The molecular weight excluding hydrogens is 144 g/mol. The monoisotopic (exact) mass is 156 g/mol. The van der Waals surface area contributed by atoms with E-state index < -0.39 is 5.91 Å². The zero-order valence-electron chi connectivity index (χ0n) is 6.32. The van der Waals surface area contributed by atoms with Gasteiger partial charge in [-0.2, -0.15) is 0 Å². The number of primary amides is 1. The molecule has 62 valence electrons. The summed E-state index contributed by atoms with van der Waals surface area (Å²) < 4.78 is 0. The average Bonchev–Trinajstić information content (AvgIpc) is 2.39. The van der Waals surface area contributed by atoms with E-state index in [1.807, 2.05) is 0 Å². The summed E-state index contributed by atoms with van der Waals surface area (Å²) in [4.78, 5) is 15.1. The molecule has 1 saturated carbocycles. The van der Waals surface area contributed by atoms with Gasteiger partial charge in [-0.15, -0.1) is 0 Å². The van der Waals surface area contributed by atoms with Gasteiger partial charge >= 0.3 is 0 Å². The number of nitrogens with zero attached hydrogens (tertiary/aromatic N) is 1. The first-order valence-corrected chi connectivity index (χ1v) is 3.77. The lowest BCUT2D eigenvalue weighted by Crippen LogP contribution is -2.12. The summed E-state index contributed by atoms with van der Waals surface area (Å²) in [6.07, 6.45) is 5.66. The molecule has 0 radical (unpaired) electrons. The second-order valence-corrected chi connectivity index (χ2v) is 2.65. The van der Waals surface area contributed by atoms with Gasteiger partial charge in [-0.25, -0.2) is 0 Å². The molecule has 0 saturated heterocycles. The van der Waals surface area contributed by atoms with Crippen molar-refractivity contribution in [2.24, 2.45) is 10.9 Å². The fourth-order valence-electron chi connectivity index (χ4n) is 1.16. The molecule has 4 nitrogen and oxygen atoms in total. The van der Waals surface area contributed by atoms with E-state index in [1.165, 1.54) is 12.8 Å². The normalized spacial score (nSPS) is 19.3. The fraction of sp³-hybridized carbons (Fsp3) is 0.714. The Morgan fingerprint density at radius 3 is 2.73 bits per heavy atom. The lowest BCUT2D eigenvalue weighted by Gasteiger charge is -2.04. The highest BCUT2D eigenvalue weighted by molar-refractivity contribution is 6.25. The summed E-state index contributed by atoms with van der Waals surface area (Å²) in [5.74, 6) is -0.567. The van der Waals surface area contributed by atoms with Gasteiger partial charge in [0.1, 0.15) is 12.3 Å². The fourth-order valence-corrected chi connectivity index (χ4v) is 1.16. The van der Waals surface area contributed by atoms with Crippen molar-refractivity contribution in [3.8, 4) is 0 Å². The van der Waals surface area contributed by atoms with Gasteiger partial charge in [0.05, 0.1) is 0 Å². The minimum Gasteiger partial charge on any atom is -0.392 e. The van der Waals surface area contributed by atoms with Crippen LogP contribution in [0, 0.1) is 0 Å². The van der Waals surface area contributed by atoms with Gasteiger partial charge in [0, 0.05) is 0 Å². The van der Waals surface area contributed by atoms with Crippen molar-refractivity contribution in [3.05, 3.63) is 0 Å². The highest BCUT2D eigenvalue weighted by Gasteiger charge is 2.15. The van der Waals surface area contributed by atoms with Gasteiger partial charge in [-0.05, 0) is 25.7 Å². The molecule has 1 fully saturated rings. The zero-order valence-corrected chi connectivity index (χ0v) is 6.32. The van der Waals surface area contributed by atoms with Gasteiger partial charge in [-0.3, -0.25) is 4.79 Å². The number of oxime groups is 1. The predicted molar refractivity (Wildman–Crippen MR) is 41.0 cm³/mol. The number of carbonyl (C=O) groups is 1. The van der Waals surface area contributed by atoms with E-state index in [4.69, 9.17) is 10.6 Å². The highest BCUT2D eigenvalue weighted by Crippen LogP contribution is 2.20. The molecule has 2 N–H and O–H groups in total. The Bertz CT molecular complexity index is 162. The Balaban J connectivity index is 2.15. The molecule has 0 aliphatic heterocycles. The van der Waals surface area contributed by atoms with Crippen LogP contribution in [-0.2, 0) is 9.63 Å². The van der Waals surface area contributed by atoms with Gasteiger partial charge in [0.2, 0.25) is 0 Å². The summed E-state index contributed by atoms with van der Waals surface area (Å²) >= 11 is 0. The number of carbonyl (C=O) groups excluding carboxylic acids is 1. The van der Waals surface area contributed by atoms with Crippen LogP contribution in [0.1, 0.15) is 25.7 Å². The number of hydrogen-bond donors (Lipinski definition) is 1. The molecule has 1 rings (SSSR count). The number of hydrogen-bond acceptors (Lipinski definition) is 3. The molecule has 1 aliphatic rings. The number of rotatable bonds is 3. The molecule has 0 unspecified atom stereocenters. The molecule has 4 heteroatoms. The predicted octanol–water partition coefficient (Wildman–Crippen LogP) is 0.417. The molecule has 0 aromatic rings. The summed E-state index contributed by atoms with van der Waals surface area (Å²) in [5.41, 5.74) is 4.81. The first-order chi connectivity index (χ1) is 5.29. The zero-order chi connectivity index (χ0) is 8.10. The lowest BCUT2D eigenvalue weighted by atomic mass is 10.3. The van der Waals surface area contributed by atoms with Gasteiger partial charge in [-0.1, -0.05) is 5.16 Å². The topological polar surface area (TPSA) is 64.7 Å². The van der Waals surface area contributed by atoms with Crippen LogP contribution in [0.4, 0.5) is 0 Å². The van der Waals surface area contributed by atoms with Crippen LogP contribution in [-0.4, -0.2) is 18.2 Å². The molecule has 0 heterocycles. The lowest BCUT2D eigenvalue weighted by molar-refractivity contribution is -0.111. The molecule has 0 aromatic carbocycles. The maximum atomic E-state index is 10.2. The van der Waals surface area contributed by atoms with Crippen LogP contribution in [0.3, 0.4) is 0 Å². The van der Waals surface area contributed by atoms with E-state index in [9.17, 15) is 4.79 Å². The third kappa shape index (κ3) is 3.02. The molecule has 0 spiro atoms. The van der Waals surface area contributed by atoms with E-state index in [0.29, 0.717) is 0 Å². The maximum absolute atomic E-state index is 10.2. The van der Waals surface area contributed by atoms with E-state index >= 15 is 0 Å². The van der Waals surface area contributed by atoms with Crippen LogP contribution in [0.5, 0.6) is 0 Å². The van der Waals surface area contributed by atoms with Crippen molar-refractivity contribution in [2.75, 3.05) is 0 Å². The van der Waals surface area contributed by atoms with Crippen molar-refractivity contribution in [3.63, 3.8) is 0 Å². The third-order valence-corrected chi connectivity index (χ3v) is 1.69. The Morgan fingerprint density at radius 2 is 2.18 bits per heavy atom. The average molecular weight is 156 g/mol. The third-order valence-electron chi connectivity index (χ3n) is 1.69. The van der Waals surface area contributed by atoms with Crippen molar-refractivity contribution in [2.45, 2.75) is 31.8 Å². The Morgan fingerprint density at radius 1 is 1.55 bits per heavy atom. The first kappa shape index (κ1) is 8.04. The van der Waals surface area contributed by atoms with Crippen LogP contribution >= 0.6 is 0 Å². The van der Waals surface area contributed by atoms with E-state index in [0.717, 1.165) is 19.1 Å². The molecule has 0 atom stereocenters. The number of amides is 1. The van der Waals surface area contributed by atoms with Gasteiger partial charge in [0.25, 0.3) is 5.91 Å². The van der Waals surface area contributed by atoms with Gasteiger partial charge < -0.3 is 10.6 Å². The van der Waals surface area contributed by atoms with Crippen molar-refractivity contribution in [1.29, 1.82) is 0 Å². The summed E-state index contributed by atoms with van der Waals surface area (Å²) in [6.45, 7) is 0. The van der Waals surface area contributed by atoms with Crippen LogP contribution < -0.4 is 5.73 Å². The van der Waals surface area contributed by atoms with E-state index in [-0.39, 0.29) is 6.10 Å². The summed E-state index contributed by atoms with van der Waals surface area (Å²) in [6, 6.07) is 0. The minimum atomic E-state index is -0.567. The first-order valence-electron chi connectivity index (χ1n) is 3.77. The summed E-state index contributed by atoms with van der Waals surface area (Å²) in [5, 5.41) is 3.45. The standard InChI is InChI=1S/C7H12N2O2/c8-7(10)5-9-11-6-3-1-2-4-6/h5-6H,1-4H2,(H2,8,10). The van der Waals surface area contributed by atoms with Crippen LogP contribution in [0.25, 0.3) is 0 Å². The molecule has 1 aliphatic carbocycles. The second-order valence-electron chi connectivity index (χ2n) is 2.65. The Kier molecular flexibility index (Phi) is 2.89. The Hall–Kier alpha value is -1.06. The molecule has 0 bridgehead atoms. The van der Waals surface area contributed by atoms with Crippen LogP contribution in [0.15, 0.2) is 5.16 Å². The molecule has 0 aromatic heterocycles. The van der Waals surface area contributed by atoms with Crippen molar-refractivity contribution in [1.82, 2.24) is 0 Å². The SMILES string of the molecule is NC(=O)C=NOC1CCCC1. The van der Waals surface area contributed by atoms with E-state index in [2.05, 4.69) is 5.16 Å². The highest BCUT2D eigenvalue weighted by atomic mass is 16.6. The molecule has 1 amide bonds.